The van der Waals surface area contributed by atoms with Gasteiger partial charge in [-0.1, -0.05) is 13.0 Å². The summed E-state index contributed by atoms with van der Waals surface area (Å²) in [6.45, 7) is 3.96. The first-order valence-electron chi connectivity index (χ1n) is 4.40. The molecule has 0 saturated heterocycles. The molecular weight excluding hydrogens is 148 g/mol. The molecule has 2 heteroatoms. The first-order valence-corrected chi connectivity index (χ1v) is 4.40. The Morgan fingerprint density at radius 1 is 1.58 bits per heavy atom. The molecule has 12 heavy (non-hydrogen) atoms. The number of hydrogen-bond acceptors (Lipinski definition) is 2. The van der Waals surface area contributed by atoms with Crippen LogP contribution in [0, 0.1) is 16.7 Å². The third-order valence-electron chi connectivity index (χ3n) is 2.25. The summed E-state index contributed by atoms with van der Waals surface area (Å²) in [6.07, 6.45) is 4.73. The molecule has 0 spiro atoms. The summed E-state index contributed by atoms with van der Waals surface area (Å²) in [6, 6.07) is 0. The largest absolute Gasteiger partial charge is 0.309 e. The molecule has 0 aromatic heterocycles. The summed E-state index contributed by atoms with van der Waals surface area (Å²) in [5.41, 5.74) is 2.44. The van der Waals surface area contributed by atoms with Gasteiger partial charge in [0, 0.05) is 17.8 Å². The van der Waals surface area contributed by atoms with Crippen molar-refractivity contribution in [3.05, 3.63) is 11.6 Å². The van der Waals surface area contributed by atoms with E-state index in [9.17, 15) is 0 Å². The Bertz CT molecular complexity index is 238. The topological polar surface area (TPSA) is 47.7 Å². The number of allylic oxidation sites excluding steroid dienone is 2. The van der Waals surface area contributed by atoms with Crippen molar-refractivity contribution in [1.82, 2.24) is 0 Å². The fourth-order valence-electron chi connectivity index (χ4n) is 1.51. The molecular formula is C10H16N2. The van der Waals surface area contributed by atoms with E-state index in [1.54, 1.807) is 6.92 Å². The van der Waals surface area contributed by atoms with Crippen LogP contribution in [0.5, 0.6) is 0 Å². The van der Waals surface area contributed by atoms with E-state index in [1.807, 2.05) is 0 Å². The quantitative estimate of drug-likeness (QED) is 0.560. The highest BCUT2D eigenvalue weighted by Gasteiger charge is 2.13. The van der Waals surface area contributed by atoms with E-state index in [2.05, 4.69) is 13.0 Å². The molecule has 1 rings (SSSR count). The van der Waals surface area contributed by atoms with E-state index >= 15 is 0 Å². The van der Waals surface area contributed by atoms with Crippen molar-refractivity contribution < 1.29 is 0 Å². The fraction of sp³-hybridized carbons (Fsp3) is 0.600. The minimum absolute atomic E-state index is 0.578. The minimum atomic E-state index is 0.578. The van der Waals surface area contributed by atoms with Crippen LogP contribution in [0.1, 0.15) is 33.1 Å². The standard InChI is InChI=1S/C10H16N2/c1-7-3-4-9(8(2)11)6-10(12)5-7/h4,7,11-12H,3,5-6H2,1-2H3/t7-/m0/s1. The van der Waals surface area contributed by atoms with Gasteiger partial charge in [0.15, 0.2) is 0 Å². The van der Waals surface area contributed by atoms with Gasteiger partial charge in [0.25, 0.3) is 0 Å². The maximum Gasteiger partial charge on any atom is 0.0315 e. The predicted octanol–water partition coefficient (Wildman–Crippen LogP) is 2.79. The molecule has 0 heterocycles. The van der Waals surface area contributed by atoms with Crippen LogP contribution in [0.4, 0.5) is 0 Å². The molecule has 0 fully saturated rings. The van der Waals surface area contributed by atoms with Gasteiger partial charge >= 0.3 is 0 Å². The van der Waals surface area contributed by atoms with Gasteiger partial charge in [0.1, 0.15) is 0 Å². The van der Waals surface area contributed by atoms with Crippen molar-refractivity contribution in [1.29, 1.82) is 10.8 Å². The lowest BCUT2D eigenvalue weighted by Gasteiger charge is -2.04. The Morgan fingerprint density at radius 2 is 2.25 bits per heavy atom. The second kappa shape index (κ2) is 3.65. The van der Waals surface area contributed by atoms with Gasteiger partial charge in [0.05, 0.1) is 0 Å². The lowest BCUT2D eigenvalue weighted by molar-refractivity contribution is 0.621. The Morgan fingerprint density at radius 3 is 2.83 bits per heavy atom. The van der Waals surface area contributed by atoms with Crippen molar-refractivity contribution in [2.45, 2.75) is 33.1 Å². The average Bonchev–Trinajstić information content (AvgIpc) is 2.11. The van der Waals surface area contributed by atoms with Crippen LogP contribution in [0.15, 0.2) is 11.6 Å². The fourth-order valence-corrected chi connectivity index (χ4v) is 1.51. The van der Waals surface area contributed by atoms with E-state index in [0.29, 0.717) is 18.1 Å². The smallest absolute Gasteiger partial charge is 0.0315 e. The number of rotatable bonds is 1. The molecule has 0 bridgehead atoms. The van der Waals surface area contributed by atoms with E-state index in [-0.39, 0.29) is 0 Å². The summed E-state index contributed by atoms with van der Waals surface area (Å²) in [5, 5.41) is 15.1. The molecule has 0 aromatic carbocycles. The van der Waals surface area contributed by atoms with Crippen LogP contribution in [-0.2, 0) is 0 Å². The molecule has 0 unspecified atom stereocenters. The molecule has 0 aromatic rings. The molecule has 0 amide bonds. The van der Waals surface area contributed by atoms with E-state index < -0.39 is 0 Å². The van der Waals surface area contributed by atoms with Crippen LogP contribution in [0.3, 0.4) is 0 Å². The Hall–Kier alpha value is -0.920. The molecule has 1 atom stereocenters. The van der Waals surface area contributed by atoms with Gasteiger partial charge in [-0.3, -0.25) is 0 Å². The zero-order chi connectivity index (χ0) is 9.14. The summed E-state index contributed by atoms with van der Waals surface area (Å²) in [5.74, 6) is 0.578. The molecule has 2 nitrogen and oxygen atoms in total. The zero-order valence-electron chi connectivity index (χ0n) is 7.78. The molecule has 0 radical (unpaired) electrons. The van der Waals surface area contributed by atoms with Crippen molar-refractivity contribution in [3.63, 3.8) is 0 Å². The Kier molecular flexibility index (Phi) is 2.79. The van der Waals surface area contributed by atoms with Crippen LogP contribution in [0.25, 0.3) is 0 Å². The van der Waals surface area contributed by atoms with Gasteiger partial charge in [-0.15, -0.1) is 0 Å². The van der Waals surface area contributed by atoms with Crippen LogP contribution >= 0.6 is 0 Å². The van der Waals surface area contributed by atoms with Crippen LogP contribution in [-0.4, -0.2) is 11.4 Å². The summed E-state index contributed by atoms with van der Waals surface area (Å²) in [7, 11) is 0. The third kappa shape index (κ3) is 2.29. The third-order valence-corrected chi connectivity index (χ3v) is 2.25. The van der Waals surface area contributed by atoms with Gasteiger partial charge < -0.3 is 10.8 Å². The monoisotopic (exact) mass is 164 g/mol. The first kappa shape index (κ1) is 9.17. The average molecular weight is 164 g/mol. The highest BCUT2D eigenvalue weighted by Crippen LogP contribution is 2.20. The maximum absolute atomic E-state index is 7.65. The molecule has 1 aliphatic carbocycles. The van der Waals surface area contributed by atoms with E-state index in [0.717, 1.165) is 24.1 Å². The van der Waals surface area contributed by atoms with Gasteiger partial charge in [-0.25, -0.2) is 0 Å². The van der Waals surface area contributed by atoms with Gasteiger partial charge in [-0.2, -0.15) is 0 Å². The molecule has 0 aliphatic heterocycles. The molecule has 0 saturated carbocycles. The van der Waals surface area contributed by atoms with Crippen molar-refractivity contribution >= 4 is 11.4 Å². The normalized spacial score (nSPS) is 24.7. The number of hydrogen-bond donors (Lipinski definition) is 2. The van der Waals surface area contributed by atoms with Crippen molar-refractivity contribution in [3.8, 4) is 0 Å². The second-order valence-corrected chi connectivity index (χ2v) is 3.68. The molecule has 1 aliphatic rings. The second-order valence-electron chi connectivity index (χ2n) is 3.68. The lowest BCUT2D eigenvalue weighted by Crippen LogP contribution is -2.03. The Balaban J connectivity index is 2.75. The van der Waals surface area contributed by atoms with Crippen LogP contribution < -0.4 is 0 Å². The summed E-state index contributed by atoms with van der Waals surface area (Å²) >= 11 is 0. The van der Waals surface area contributed by atoms with Crippen molar-refractivity contribution in [2.75, 3.05) is 0 Å². The summed E-state index contributed by atoms with van der Waals surface area (Å²) < 4.78 is 0. The van der Waals surface area contributed by atoms with E-state index in [1.165, 1.54) is 0 Å². The van der Waals surface area contributed by atoms with Gasteiger partial charge in [0.2, 0.25) is 0 Å². The molecule has 2 N–H and O–H groups in total. The van der Waals surface area contributed by atoms with Crippen molar-refractivity contribution in [2.24, 2.45) is 5.92 Å². The minimum Gasteiger partial charge on any atom is -0.309 e. The highest BCUT2D eigenvalue weighted by molar-refractivity contribution is 6.01. The van der Waals surface area contributed by atoms with E-state index in [4.69, 9.17) is 10.8 Å². The molecule has 66 valence electrons. The summed E-state index contributed by atoms with van der Waals surface area (Å²) in [4.78, 5) is 0. The van der Waals surface area contributed by atoms with Gasteiger partial charge in [-0.05, 0) is 31.3 Å². The Labute approximate surface area is 73.7 Å². The predicted molar refractivity (Wildman–Crippen MR) is 52.2 cm³/mol. The van der Waals surface area contributed by atoms with Crippen LogP contribution in [0.2, 0.25) is 0 Å². The maximum atomic E-state index is 7.65. The number of nitrogens with one attached hydrogen (secondary N) is 2. The lowest BCUT2D eigenvalue weighted by atomic mass is 10.0. The zero-order valence-corrected chi connectivity index (χ0v) is 7.78. The first-order chi connectivity index (χ1) is 5.59. The SMILES string of the molecule is CC(=N)C1=CC[C@H](C)CC(=N)C1. The highest BCUT2D eigenvalue weighted by atomic mass is 14.5.